The van der Waals surface area contributed by atoms with E-state index in [2.05, 4.69) is 20.2 Å². The van der Waals surface area contributed by atoms with Gasteiger partial charge >= 0.3 is 0 Å². The second kappa shape index (κ2) is 7.71. The molecule has 1 aliphatic heterocycles. The molecule has 24 heavy (non-hydrogen) atoms. The van der Waals surface area contributed by atoms with Gasteiger partial charge in [0.2, 0.25) is 0 Å². The van der Waals surface area contributed by atoms with Gasteiger partial charge in [-0.05, 0) is 70.9 Å². The molecule has 1 N–H and O–H groups in total. The number of hydrogen-bond donors (Lipinski definition) is 1. The lowest BCUT2D eigenvalue weighted by Crippen LogP contribution is -2.33. The summed E-state index contributed by atoms with van der Waals surface area (Å²) < 4.78 is 0. The Morgan fingerprint density at radius 3 is 2.54 bits per heavy atom. The molecule has 2 heterocycles. The maximum atomic E-state index is 12.3. The molecule has 0 bridgehead atoms. The van der Waals surface area contributed by atoms with Crippen LogP contribution in [0.5, 0.6) is 0 Å². The summed E-state index contributed by atoms with van der Waals surface area (Å²) in [6.07, 6.45) is 4.97. The van der Waals surface area contributed by atoms with E-state index in [-0.39, 0.29) is 5.91 Å². The summed E-state index contributed by atoms with van der Waals surface area (Å²) in [6.45, 7) is 8.08. The molecule has 1 amide bonds. The van der Waals surface area contributed by atoms with Crippen LogP contribution in [0.25, 0.3) is 11.0 Å². The lowest BCUT2D eigenvalue weighted by molar-refractivity contribution is 0.0951. The zero-order valence-corrected chi connectivity index (χ0v) is 14.6. The highest BCUT2D eigenvalue weighted by molar-refractivity contribution is 5.97. The summed E-state index contributed by atoms with van der Waals surface area (Å²) in [5, 5.41) is 3.02. The van der Waals surface area contributed by atoms with E-state index >= 15 is 0 Å². The quantitative estimate of drug-likeness (QED) is 0.859. The first-order valence-corrected chi connectivity index (χ1v) is 8.89. The average Bonchev–Trinajstić information content (AvgIpc) is 2.60. The van der Waals surface area contributed by atoms with Crippen molar-refractivity contribution in [3.05, 3.63) is 35.2 Å². The Labute approximate surface area is 143 Å². The standard InChI is InChI=1S/C19H26N4O/c1-14-15(2)22-18-13-16(7-8-17(18)21-14)19(24)20-9-6-12-23-10-4-3-5-11-23/h7-8,13H,3-6,9-12H2,1-2H3,(H,20,24). The van der Waals surface area contributed by atoms with Crippen molar-refractivity contribution in [2.45, 2.75) is 39.5 Å². The van der Waals surface area contributed by atoms with E-state index in [1.807, 2.05) is 32.0 Å². The van der Waals surface area contributed by atoms with Crippen molar-refractivity contribution in [3.63, 3.8) is 0 Å². The number of fused-ring (bicyclic) bond motifs is 1. The first-order chi connectivity index (χ1) is 11.6. The van der Waals surface area contributed by atoms with Gasteiger partial charge in [-0.1, -0.05) is 6.42 Å². The zero-order chi connectivity index (χ0) is 16.9. The minimum Gasteiger partial charge on any atom is -0.352 e. The average molecular weight is 326 g/mol. The number of aryl methyl sites for hydroxylation is 2. The number of nitrogens with one attached hydrogen (secondary N) is 1. The van der Waals surface area contributed by atoms with Crippen molar-refractivity contribution in [2.24, 2.45) is 0 Å². The van der Waals surface area contributed by atoms with Crippen molar-refractivity contribution in [1.82, 2.24) is 20.2 Å². The van der Waals surface area contributed by atoms with E-state index < -0.39 is 0 Å². The molecule has 5 heteroatoms. The van der Waals surface area contributed by atoms with Crippen molar-refractivity contribution in [1.29, 1.82) is 0 Å². The predicted octanol–water partition coefficient (Wildman–Crippen LogP) is 2.85. The number of benzene rings is 1. The third-order valence-electron chi connectivity index (χ3n) is 4.72. The van der Waals surface area contributed by atoms with E-state index in [9.17, 15) is 4.79 Å². The van der Waals surface area contributed by atoms with Gasteiger partial charge in [-0.25, -0.2) is 9.97 Å². The SMILES string of the molecule is Cc1nc2ccc(C(=O)NCCCN3CCCCC3)cc2nc1C. The Balaban J connectivity index is 1.54. The minimum absolute atomic E-state index is 0.0319. The highest BCUT2D eigenvalue weighted by Crippen LogP contribution is 2.14. The summed E-state index contributed by atoms with van der Waals surface area (Å²) in [6, 6.07) is 5.53. The molecule has 2 aromatic rings. The van der Waals surface area contributed by atoms with Crippen LogP contribution >= 0.6 is 0 Å². The van der Waals surface area contributed by atoms with E-state index in [1.165, 1.54) is 32.4 Å². The number of aromatic nitrogens is 2. The van der Waals surface area contributed by atoms with Crippen LogP contribution < -0.4 is 5.32 Å². The number of likely N-dealkylation sites (tertiary alicyclic amines) is 1. The zero-order valence-electron chi connectivity index (χ0n) is 14.6. The maximum absolute atomic E-state index is 12.3. The van der Waals surface area contributed by atoms with Crippen LogP contribution in [0.1, 0.15) is 47.4 Å². The van der Waals surface area contributed by atoms with E-state index in [0.717, 1.165) is 35.4 Å². The molecule has 0 unspecified atom stereocenters. The molecule has 1 aliphatic rings. The third-order valence-corrected chi connectivity index (χ3v) is 4.72. The minimum atomic E-state index is -0.0319. The van der Waals surface area contributed by atoms with E-state index in [1.54, 1.807) is 0 Å². The molecule has 0 spiro atoms. The molecule has 1 aromatic heterocycles. The smallest absolute Gasteiger partial charge is 0.251 e. The van der Waals surface area contributed by atoms with Gasteiger partial charge in [0.25, 0.3) is 5.91 Å². The first kappa shape index (κ1) is 16.8. The lowest BCUT2D eigenvalue weighted by atomic mass is 10.1. The summed E-state index contributed by atoms with van der Waals surface area (Å²) in [4.78, 5) is 23.8. The van der Waals surface area contributed by atoms with Crippen LogP contribution in [0.15, 0.2) is 18.2 Å². The Morgan fingerprint density at radius 1 is 1.08 bits per heavy atom. The number of nitrogens with zero attached hydrogens (tertiary/aromatic N) is 3. The van der Waals surface area contributed by atoms with Gasteiger partial charge in [-0.15, -0.1) is 0 Å². The van der Waals surface area contributed by atoms with Crippen LogP contribution in [0, 0.1) is 13.8 Å². The Kier molecular flexibility index (Phi) is 5.41. The highest BCUT2D eigenvalue weighted by atomic mass is 16.1. The molecule has 0 aliphatic carbocycles. The number of amides is 1. The molecule has 3 rings (SSSR count). The fraction of sp³-hybridized carbons (Fsp3) is 0.526. The van der Waals surface area contributed by atoms with Gasteiger partial charge in [0.1, 0.15) is 0 Å². The Bertz CT molecular complexity index is 723. The van der Waals surface area contributed by atoms with Crippen LogP contribution in [0.4, 0.5) is 0 Å². The van der Waals surface area contributed by atoms with Gasteiger partial charge in [0.05, 0.1) is 22.4 Å². The molecule has 0 saturated carbocycles. The van der Waals surface area contributed by atoms with Crippen molar-refractivity contribution in [3.8, 4) is 0 Å². The highest BCUT2D eigenvalue weighted by Gasteiger charge is 2.11. The number of carbonyl (C=O) groups is 1. The monoisotopic (exact) mass is 326 g/mol. The molecule has 1 fully saturated rings. The molecule has 0 radical (unpaired) electrons. The van der Waals surface area contributed by atoms with Crippen LogP contribution in [0.2, 0.25) is 0 Å². The van der Waals surface area contributed by atoms with Crippen molar-refractivity contribution in [2.75, 3.05) is 26.2 Å². The first-order valence-electron chi connectivity index (χ1n) is 8.89. The van der Waals surface area contributed by atoms with Crippen LogP contribution in [0.3, 0.4) is 0 Å². The van der Waals surface area contributed by atoms with E-state index in [0.29, 0.717) is 12.1 Å². The molecular formula is C19H26N4O. The van der Waals surface area contributed by atoms with Crippen LogP contribution in [-0.4, -0.2) is 47.0 Å². The Hall–Kier alpha value is -2.01. The van der Waals surface area contributed by atoms with E-state index in [4.69, 9.17) is 0 Å². The second-order valence-corrected chi connectivity index (χ2v) is 6.61. The predicted molar refractivity (Wildman–Crippen MR) is 96.3 cm³/mol. The summed E-state index contributed by atoms with van der Waals surface area (Å²) >= 11 is 0. The van der Waals surface area contributed by atoms with Gasteiger partial charge in [0, 0.05) is 12.1 Å². The molecule has 0 atom stereocenters. The summed E-state index contributed by atoms with van der Waals surface area (Å²) in [7, 11) is 0. The fourth-order valence-electron chi connectivity index (χ4n) is 3.16. The maximum Gasteiger partial charge on any atom is 0.251 e. The van der Waals surface area contributed by atoms with Crippen molar-refractivity contribution < 1.29 is 4.79 Å². The lowest BCUT2D eigenvalue weighted by Gasteiger charge is -2.26. The molecule has 5 nitrogen and oxygen atoms in total. The summed E-state index contributed by atoms with van der Waals surface area (Å²) in [5.74, 6) is -0.0319. The normalized spacial score (nSPS) is 15.6. The molecule has 128 valence electrons. The van der Waals surface area contributed by atoms with Gasteiger partial charge in [-0.2, -0.15) is 0 Å². The third kappa shape index (κ3) is 4.09. The molecular weight excluding hydrogens is 300 g/mol. The van der Waals surface area contributed by atoms with Gasteiger partial charge < -0.3 is 10.2 Å². The van der Waals surface area contributed by atoms with Gasteiger partial charge in [-0.3, -0.25) is 4.79 Å². The van der Waals surface area contributed by atoms with Crippen LogP contribution in [-0.2, 0) is 0 Å². The molecule has 1 aromatic carbocycles. The topological polar surface area (TPSA) is 58.1 Å². The molecule has 1 saturated heterocycles. The second-order valence-electron chi connectivity index (χ2n) is 6.61. The fourth-order valence-corrected chi connectivity index (χ4v) is 3.16. The number of piperidine rings is 1. The number of carbonyl (C=O) groups excluding carboxylic acids is 1. The largest absolute Gasteiger partial charge is 0.352 e. The Morgan fingerprint density at radius 2 is 1.79 bits per heavy atom. The number of hydrogen-bond acceptors (Lipinski definition) is 4. The van der Waals surface area contributed by atoms with Crippen molar-refractivity contribution >= 4 is 16.9 Å². The number of rotatable bonds is 5. The summed E-state index contributed by atoms with van der Waals surface area (Å²) in [5.41, 5.74) is 4.09. The van der Waals surface area contributed by atoms with Gasteiger partial charge in [0.15, 0.2) is 0 Å².